The van der Waals surface area contributed by atoms with Crippen molar-refractivity contribution < 1.29 is 9.53 Å². The van der Waals surface area contributed by atoms with E-state index in [0.29, 0.717) is 6.04 Å². The number of ether oxygens (including phenoxy) is 1. The quantitative estimate of drug-likeness (QED) is 0.619. The van der Waals surface area contributed by atoms with Crippen molar-refractivity contribution in [3.8, 4) is 0 Å². The van der Waals surface area contributed by atoms with Crippen LogP contribution in [0.5, 0.6) is 0 Å². The van der Waals surface area contributed by atoms with E-state index >= 15 is 0 Å². The molecule has 0 aliphatic heterocycles. The predicted molar refractivity (Wildman–Crippen MR) is 83.2 cm³/mol. The standard InChI is InChI=1S/C16H23NO2S/c1-11-4-5-12(2)15(10-11)20-9-8-14(16(18)19-3)17-13-6-7-13/h4-5,10,13-14,17H,6-9H2,1-3H3. The van der Waals surface area contributed by atoms with Gasteiger partial charge >= 0.3 is 5.97 Å². The minimum atomic E-state index is -0.162. The summed E-state index contributed by atoms with van der Waals surface area (Å²) in [5.74, 6) is 0.780. The molecule has 0 heterocycles. The van der Waals surface area contributed by atoms with Gasteiger partial charge in [0.05, 0.1) is 7.11 Å². The number of esters is 1. The summed E-state index contributed by atoms with van der Waals surface area (Å²) in [6.07, 6.45) is 3.16. The van der Waals surface area contributed by atoms with Crippen molar-refractivity contribution >= 4 is 17.7 Å². The van der Waals surface area contributed by atoms with Gasteiger partial charge in [-0.3, -0.25) is 4.79 Å². The fourth-order valence-corrected chi connectivity index (χ4v) is 3.23. The van der Waals surface area contributed by atoms with Crippen molar-refractivity contribution in [1.82, 2.24) is 5.32 Å². The topological polar surface area (TPSA) is 38.3 Å². The van der Waals surface area contributed by atoms with E-state index in [9.17, 15) is 4.79 Å². The largest absolute Gasteiger partial charge is 0.468 e. The van der Waals surface area contributed by atoms with Crippen LogP contribution < -0.4 is 5.32 Å². The smallest absolute Gasteiger partial charge is 0.322 e. The maximum Gasteiger partial charge on any atom is 0.322 e. The number of carbonyl (C=O) groups excluding carboxylic acids is 1. The summed E-state index contributed by atoms with van der Waals surface area (Å²) < 4.78 is 4.88. The highest BCUT2D eigenvalue weighted by molar-refractivity contribution is 7.99. The van der Waals surface area contributed by atoms with Gasteiger partial charge in [-0.25, -0.2) is 0 Å². The van der Waals surface area contributed by atoms with E-state index in [2.05, 4.69) is 37.4 Å². The van der Waals surface area contributed by atoms with Crippen LogP contribution in [-0.4, -0.2) is 30.9 Å². The number of rotatable bonds is 7. The third-order valence-electron chi connectivity index (χ3n) is 3.51. The fraction of sp³-hybridized carbons (Fsp3) is 0.562. The molecule has 3 nitrogen and oxygen atoms in total. The zero-order valence-corrected chi connectivity index (χ0v) is 13.3. The Labute approximate surface area is 125 Å². The Hall–Kier alpha value is -1.00. The van der Waals surface area contributed by atoms with Crippen LogP contribution in [0, 0.1) is 13.8 Å². The minimum Gasteiger partial charge on any atom is -0.468 e. The normalized spacial score (nSPS) is 15.9. The number of nitrogens with one attached hydrogen (secondary N) is 1. The van der Waals surface area contributed by atoms with Gasteiger partial charge in [0, 0.05) is 16.7 Å². The van der Waals surface area contributed by atoms with Crippen LogP contribution in [0.2, 0.25) is 0 Å². The van der Waals surface area contributed by atoms with E-state index in [0.717, 1.165) is 12.2 Å². The van der Waals surface area contributed by atoms with Crippen molar-refractivity contribution in [2.24, 2.45) is 0 Å². The number of methoxy groups -OCH3 is 1. The lowest BCUT2D eigenvalue weighted by Crippen LogP contribution is -2.39. The summed E-state index contributed by atoms with van der Waals surface area (Å²) in [4.78, 5) is 13.1. The lowest BCUT2D eigenvalue weighted by Gasteiger charge is -2.16. The van der Waals surface area contributed by atoms with E-state index in [1.807, 2.05) is 11.8 Å². The van der Waals surface area contributed by atoms with E-state index in [4.69, 9.17) is 4.74 Å². The maximum atomic E-state index is 11.7. The van der Waals surface area contributed by atoms with E-state index in [1.165, 1.54) is 36.0 Å². The predicted octanol–water partition coefficient (Wildman–Crippen LogP) is 3.08. The molecule has 0 bridgehead atoms. The van der Waals surface area contributed by atoms with Gasteiger partial charge in [0.2, 0.25) is 0 Å². The maximum absolute atomic E-state index is 11.7. The average molecular weight is 293 g/mol. The summed E-state index contributed by atoms with van der Waals surface area (Å²) in [6.45, 7) is 4.23. The monoisotopic (exact) mass is 293 g/mol. The molecule has 110 valence electrons. The molecule has 1 fully saturated rings. The first-order chi connectivity index (χ1) is 9.60. The van der Waals surface area contributed by atoms with Gasteiger partial charge in [-0.15, -0.1) is 11.8 Å². The molecular weight excluding hydrogens is 270 g/mol. The van der Waals surface area contributed by atoms with Gasteiger partial charge in [-0.1, -0.05) is 17.7 Å². The van der Waals surface area contributed by atoms with Crippen LogP contribution in [0.4, 0.5) is 0 Å². The minimum absolute atomic E-state index is 0.140. The molecule has 0 saturated heterocycles. The van der Waals surface area contributed by atoms with Crippen LogP contribution in [0.15, 0.2) is 23.1 Å². The number of hydrogen-bond donors (Lipinski definition) is 1. The summed E-state index contributed by atoms with van der Waals surface area (Å²) in [7, 11) is 1.46. The Morgan fingerprint density at radius 2 is 2.20 bits per heavy atom. The molecule has 0 aromatic heterocycles. The molecule has 2 rings (SSSR count). The fourth-order valence-electron chi connectivity index (χ4n) is 2.10. The third-order valence-corrected chi connectivity index (χ3v) is 4.70. The van der Waals surface area contributed by atoms with E-state index < -0.39 is 0 Å². The molecule has 1 aliphatic carbocycles. The van der Waals surface area contributed by atoms with Crippen molar-refractivity contribution in [3.63, 3.8) is 0 Å². The van der Waals surface area contributed by atoms with Crippen LogP contribution in [0.1, 0.15) is 30.4 Å². The summed E-state index contributed by atoms with van der Waals surface area (Å²) in [5, 5.41) is 3.37. The number of benzene rings is 1. The number of thioether (sulfide) groups is 1. The molecule has 1 atom stereocenters. The zero-order chi connectivity index (χ0) is 14.5. The Bertz CT molecular complexity index is 472. The lowest BCUT2D eigenvalue weighted by atomic mass is 10.2. The molecule has 0 radical (unpaired) electrons. The molecule has 0 amide bonds. The first-order valence-corrected chi connectivity index (χ1v) is 8.12. The van der Waals surface area contributed by atoms with Crippen molar-refractivity contribution in [1.29, 1.82) is 0 Å². The molecule has 1 aromatic rings. The lowest BCUT2D eigenvalue weighted by molar-refractivity contribution is -0.143. The second kappa shape index (κ2) is 7.14. The van der Waals surface area contributed by atoms with Crippen molar-refractivity contribution in [2.45, 2.75) is 50.1 Å². The van der Waals surface area contributed by atoms with Crippen molar-refractivity contribution in [3.05, 3.63) is 29.3 Å². The van der Waals surface area contributed by atoms with Gasteiger partial charge in [-0.2, -0.15) is 0 Å². The molecule has 1 N–H and O–H groups in total. The van der Waals surface area contributed by atoms with E-state index in [1.54, 1.807) is 0 Å². The molecule has 1 aromatic carbocycles. The Balaban J connectivity index is 1.85. The highest BCUT2D eigenvalue weighted by Crippen LogP contribution is 2.25. The number of aryl methyl sites for hydroxylation is 2. The third kappa shape index (κ3) is 4.53. The van der Waals surface area contributed by atoms with E-state index in [-0.39, 0.29) is 12.0 Å². The highest BCUT2D eigenvalue weighted by Gasteiger charge is 2.28. The Kier molecular flexibility index (Phi) is 5.49. The van der Waals surface area contributed by atoms with Crippen LogP contribution in [-0.2, 0) is 9.53 Å². The van der Waals surface area contributed by atoms with Crippen molar-refractivity contribution in [2.75, 3.05) is 12.9 Å². The molecule has 1 saturated carbocycles. The zero-order valence-electron chi connectivity index (χ0n) is 12.4. The summed E-state index contributed by atoms with van der Waals surface area (Å²) >= 11 is 1.82. The Morgan fingerprint density at radius 1 is 1.45 bits per heavy atom. The summed E-state index contributed by atoms with van der Waals surface area (Å²) in [5.41, 5.74) is 2.57. The van der Waals surface area contributed by atoms with Gasteiger partial charge in [0.1, 0.15) is 6.04 Å². The first-order valence-electron chi connectivity index (χ1n) is 7.14. The molecule has 1 aliphatic rings. The van der Waals surface area contributed by atoms with Crippen LogP contribution >= 0.6 is 11.8 Å². The van der Waals surface area contributed by atoms with Gasteiger partial charge in [0.15, 0.2) is 0 Å². The molecule has 1 unspecified atom stereocenters. The van der Waals surface area contributed by atoms with Gasteiger partial charge in [0.25, 0.3) is 0 Å². The SMILES string of the molecule is COC(=O)C(CCSc1cc(C)ccc1C)NC1CC1. The van der Waals surface area contributed by atoms with Crippen LogP contribution in [0.25, 0.3) is 0 Å². The second-order valence-electron chi connectivity index (χ2n) is 5.42. The average Bonchev–Trinajstić information content (AvgIpc) is 3.24. The molecule has 20 heavy (non-hydrogen) atoms. The number of carbonyl (C=O) groups is 1. The molecule has 0 spiro atoms. The van der Waals surface area contributed by atoms with Gasteiger partial charge in [-0.05, 0) is 44.7 Å². The highest BCUT2D eigenvalue weighted by atomic mass is 32.2. The van der Waals surface area contributed by atoms with Crippen LogP contribution in [0.3, 0.4) is 0 Å². The first kappa shape index (κ1) is 15.4. The molecule has 4 heteroatoms. The summed E-state index contributed by atoms with van der Waals surface area (Å²) in [6, 6.07) is 6.85. The van der Waals surface area contributed by atoms with Gasteiger partial charge < -0.3 is 10.1 Å². The Morgan fingerprint density at radius 3 is 2.85 bits per heavy atom. The second-order valence-corrected chi connectivity index (χ2v) is 6.56. The number of hydrogen-bond acceptors (Lipinski definition) is 4. The molecular formula is C16H23NO2S.